The second kappa shape index (κ2) is 5.98. The van der Waals surface area contributed by atoms with E-state index < -0.39 is 10.0 Å². The third-order valence-corrected chi connectivity index (χ3v) is 4.23. The summed E-state index contributed by atoms with van der Waals surface area (Å²) in [6.45, 7) is 2.36. The minimum absolute atomic E-state index is 0.200. The quantitative estimate of drug-likeness (QED) is 0.868. The van der Waals surface area contributed by atoms with E-state index in [4.69, 9.17) is 0 Å². The van der Waals surface area contributed by atoms with Crippen molar-refractivity contribution in [2.75, 3.05) is 11.8 Å². The van der Waals surface area contributed by atoms with E-state index in [1.165, 1.54) is 6.20 Å². The molecule has 0 fully saturated rings. The Bertz CT molecular complexity index is 687. The lowest BCUT2D eigenvalue weighted by atomic mass is 10.1. The Labute approximate surface area is 118 Å². The standard InChI is InChI=1S/C13H16N4O2S/c1-10-5-6-11(9-14-2)8-12(10)20(18,19)17-13-4-3-7-15-16-13/h3-8,14H,9H2,1-2H3,(H,16,17). The monoisotopic (exact) mass is 292 g/mol. The number of sulfonamides is 1. The van der Waals surface area contributed by atoms with Gasteiger partial charge in [0, 0.05) is 12.7 Å². The fourth-order valence-electron chi connectivity index (χ4n) is 1.80. The van der Waals surface area contributed by atoms with Crippen LogP contribution in [0.1, 0.15) is 11.1 Å². The van der Waals surface area contributed by atoms with Gasteiger partial charge in [0.15, 0.2) is 5.82 Å². The van der Waals surface area contributed by atoms with E-state index in [0.717, 1.165) is 5.56 Å². The molecular formula is C13H16N4O2S. The van der Waals surface area contributed by atoms with Crippen LogP contribution in [0.4, 0.5) is 5.82 Å². The van der Waals surface area contributed by atoms with Crippen molar-refractivity contribution in [3.63, 3.8) is 0 Å². The number of rotatable bonds is 5. The predicted molar refractivity (Wildman–Crippen MR) is 76.8 cm³/mol. The molecule has 1 aromatic carbocycles. The molecule has 6 nitrogen and oxygen atoms in total. The first-order valence-electron chi connectivity index (χ1n) is 6.07. The van der Waals surface area contributed by atoms with Crippen LogP contribution in [0, 0.1) is 6.92 Å². The normalized spacial score (nSPS) is 11.3. The van der Waals surface area contributed by atoms with Crippen molar-refractivity contribution >= 4 is 15.8 Å². The van der Waals surface area contributed by atoms with E-state index >= 15 is 0 Å². The van der Waals surface area contributed by atoms with Gasteiger partial charge >= 0.3 is 0 Å². The van der Waals surface area contributed by atoms with Crippen molar-refractivity contribution in [1.29, 1.82) is 0 Å². The van der Waals surface area contributed by atoms with E-state index in [1.54, 1.807) is 31.2 Å². The zero-order valence-corrected chi connectivity index (χ0v) is 12.1. The molecule has 0 atom stereocenters. The SMILES string of the molecule is CNCc1ccc(C)c(S(=O)(=O)Nc2cccnn2)c1. The van der Waals surface area contributed by atoms with E-state index in [2.05, 4.69) is 20.2 Å². The molecule has 2 aromatic rings. The molecule has 0 unspecified atom stereocenters. The lowest BCUT2D eigenvalue weighted by molar-refractivity contribution is 0.600. The number of nitrogens with zero attached hydrogens (tertiary/aromatic N) is 2. The summed E-state index contributed by atoms with van der Waals surface area (Å²) in [5, 5.41) is 10.4. The van der Waals surface area contributed by atoms with E-state index in [1.807, 2.05) is 13.1 Å². The lowest BCUT2D eigenvalue weighted by Gasteiger charge is -2.11. The van der Waals surface area contributed by atoms with Gasteiger partial charge in [-0.3, -0.25) is 4.72 Å². The lowest BCUT2D eigenvalue weighted by Crippen LogP contribution is -2.16. The van der Waals surface area contributed by atoms with Crippen molar-refractivity contribution in [3.05, 3.63) is 47.7 Å². The van der Waals surface area contributed by atoms with Crippen LogP contribution in [0.3, 0.4) is 0 Å². The molecule has 1 heterocycles. The molecule has 20 heavy (non-hydrogen) atoms. The highest BCUT2D eigenvalue weighted by Crippen LogP contribution is 2.19. The number of aromatic nitrogens is 2. The zero-order chi connectivity index (χ0) is 14.6. The Balaban J connectivity index is 2.36. The van der Waals surface area contributed by atoms with Crippen molar-refractivity contribution < 1.29 is 8.42 Å². The smallest absolute Gasteiger partial charge is 0.263 e. The Morgan fingerprint density at radius 2 is 2.05 bits per heavy atom. The van der Waals surface area contributed by atoms with Gasteiger partial charge in [0.1, 0.15) is 0 Å². The Morgan fingerprint density at radius 1 is 1.25 bits per heavy atom. The van der Waals surface area contributed by atoms with Crippen molar-refractivity contribution in [2.45, 2.75) is 18.4 Å². The van der Waals surface area contributed by atoms with Gasteiger partial charge in [-0.25, -0.2) is 8.42 Å². The average Bonchev–Trinajstić information content (AvgIpc) is 2.42. The van der Waals surface area contributed by atoms with Gasteiger partial charge < -0.3 is 5.32 Å². The number of anilines is 1. The Hall–Kier alpha value is -1.99. The molecular weight excluding hydrogens is 276 g/mol. The van der Waals surface area contributed by atoms with Crippen LogP contribution >= 0.6 is 0 Å². The van der Waals surface area contributed by atoms with Crippen LogP contribution < -0.4 is 10.0 Å². The van der Waals surface area contributed by atoms with E-state index in [9.17, 15) is 8.42 Å². The van der Waals surface area contributed by atoms with Crippen LogP contribution in [-0.4, -0.2) is 25.7 Å². The molecule has 2 N–H and O–H groups in total. The fourth-order valence-corrected chi connectivity index (χ4v) is 3.09. The summed E-state index contributed by atoms with van der Waals surface area (Å²) in [7, 11) is -1.85. The summed E-state index contributed by atoms with van der Waals surface area (Å²) < 4.78 is 27.2. The Kier molecular flexibility index (Phi) is 4.31. The second-order valence-corrected chi connectivity index (χ2v) is 6.00. The average molecular weight is 292 g/mol. The maximum atomic E-state index is 12.4. The van der Waals surface area contributed by atoms with Gasteiger partial charge in [-0.1, -0.05) is 12.1 Å². The Morgan fingerprint density at radius 3 is 2.70 bits per heavy atom. The van der Waals surface area contributed by atoms with Crippen LogP contribution in [-0.2, 0) is 16.6 Å². The summed E-state index contributed by atoms with van der Waals surface area (Å²) in [4.78, 5) is 0.246. The van der Waals surface area contributed by atoms with Gasteiger partial charge in [-0.05, 0) is 43.3 Å². The highest BCUT2D eigenvalue weighted by atomic mass is 32.2. The highest BCUT2D eigenvalue weighted by molar-refractivity contribution is 7.92. The molecule has 106 valence electrons. The molecule has 0 spiro atoms. The number of nitrogens with one attached hydrogen (secondary N) is 2. The number of benzene rings is 1. The van der Waals surface area contributed by atoms with Crippen LogP contribution in [0.15, 0.2) is 41.4 Å². The summed E-state index contributed by atoms with van der Waals surface area (Å²) in [5.74, 6) is 0.200. The molecule has 0 aliphatic heterocycles. The minimum Gasteiger partial charge on any atom is -0.316 e. The third-order valence-electron chi connectivity index (χ3n) is 2.73. The van der Waals surface area contributed by atoms with Crippen LogP contribution in [0.5, 0.6) is 0 Å². The van der Waals surface area contributed by atoms with Gasteiger partial charge in [0.25, 0.3) is 10.0 Å². The molecule has 2 rings (SSSR count). The third kappa shape index (κ3) is 3.31. The van der Waals surface area contributed by atoms with Crippen molar-refractivity contribution in [3.8, 4) is 0 Å². The van der Waals surface area contributed by atoms with Gasteiger partial charge in [0.05, 0.1) is 4.90 Å². The first-order chi connectivity index (χ1) is 9.53. The molecule has 0 amide bonds. The fraction of sp³-hybridized carbons (Fsp3) is 0.231. The highest BCUT2D eigenvalue weighted by Gasteiger charge is 2.18. The first-order valence-corrected chi connectivity index (χ1v) is 7.56. The molecule has 0 aliphatic carbocycles. The number of hydrogen-bond donors (Lipinski definition) is 2. The summed E-state index contributed by atoms with van der Waals surface area (Å²) in [5.41, 5.74) is 1.58. The molecule has 0 saturated carbocycles. The minimum atomic E-state index is -3.67. The first kappa shape index (κ1) is 14.4. The van der Waals surface area contributed by atoms with E-state index in [-0.39, 0.29) is 10.7 Å². The second-order valence-electron chi connectivity index (χ2n) is 4.34. The van der Waals surface area contributed by atoms with Gasteiger partial charge in [0.2, 0.25) is 0 Å². The maximum Gasteiger partial charge on any atom is 0.263 e. The van der Waals surface area contributed by atoms with E-state index in [0.29, 0.717) is 12.1 Å². The van der Waals surface area contributed by atoms with Crippen LogP contribution in [0.25, 0.3) is 0 Å². The molecule has 0 aliphatic rings. The molecule has 1 aromatic heterocycles. The van der Waals surface area contributed by atoms with Crippen molar-refractivity contribution in [1.82, 2.24) is 15.5 Å². The number of aryl methyl sites for hydroxylation is 1. The summed E-state index contributed by atoms with van der Waals surface area (Å²) >= 11 is 0. The van der Waals surface area contributed by atoms with Gasteiger partial charge in [-0.15, -0.1) is 5.10 Å². The molecule has 0 saturated heterocycles. The van der Waals surface area contributed by atoms with Crippen LogP contribution in [0.2, 0.25) is 0 Å². The summed E-state index contributed by atoms with van der Waals surface area (Å²) in [6.07, 6.45) is 1.48. The maximum absolute atomic E-state index is 12.4. The molecule has 7 heteroatoms. The zero-order valence-electron chi connectivity index (χ0n) is 11.3. The van der Waals surface area contributed by atoms with Gasteiger partial charge in [-0.2, -0.15) is 5.10 Å². The molecule has 0 radical (unpaired) electrons. The molecule has 0 bridgehead atoms. The number of hydrogen-bond acceptors (Lipinski definition) is 5. The van der Waals surface area contributed by atoms with Crippen molar-refractivity contribution in [2.24, 2.45) is 0 Å². The largest absolute Gasteiger partial charge is 0.316 e. The predicted octanol–water partition coefficient (Wildman–Crippen LogP) is 1.31. The summed E-state index contributed by atoms with van der Waals surface area (Å²) in [6, 6.07) is 8.52. The topological polar surface area (TPSA) is 84.0 Å².